The molecular formula is C10H13N3O5. The molecule has 0 spiro atoms. The second kappa shape index (κ2) is 4.73. The number of nitrogens with zero attached hydrogens (tertiary/aromatic N) is 3. The summed E-state index contributed by atoms with van der Waals surface area (Å²) < 4.78 is 6.83. The maximum Gasteiger partial charge on any atom is 0.363 e. The molecule has 1 aliphatic heterocycles. The number of aromatic carboxylic acids is 1. The maximum atomic E-state index is 10.8. The topological polar surface area (TPSA) is 107 Å². The van der Waals surface area contributed by atoms with Crippen LogP contribution in [-0.2, 0) is 11.3 Å². The summed E-state index contributed by atoms with van der Waals surface area (Å²) in [6.07, 6.45) is 3.01. The molecule has 1 aromatic heterocycles. The van der Waals surface area contributed by atoms with Crippen molar-refractivity contribution >= 4 is 11.7 Å². The van der Waals surface area contributed by atoms with Crippen LogP contribution in [0.1, 0.15) is 30.3 Å². The molecule has 0 radical (unpaired) electrons. The Hall–Kier alpha value is -1.96. The molecule has 2 unspecified atom stereocenters. The lowest BCUT2D eigenvalue weighted by Gasteiger charge is -2.10. The fourth-order valence-corrected chi connectivity index (χ4v) is 2.02. The van der Waals surface area contributed by atoms with Crippen LogP contribution < -0.4 is 0 Å². The molecule has 8 nitrogen and oxygen atoms in total. The average molecular weight is 255 g/mol. The van der Waals surface area contributed by atoms with E-state index in [4.69, 9.17) is 9.84 Å². The predicted molar refractivity (Wildman–Crippen MR) is 59.4 cm³/mol. The highest BCUT2D eigenvalue weighted by molar-refractivity contribution is 5.89. The Kier molecular flexibility index (Phi) is 3.28. The first kappa shape index (κ1) is 12.5. The zero-order chi connectivity index (χ0) is 13.3. The molecule has 1 saturated heterocycles. The molecule has 0 amide bonds. The van der Waals surface area contributed by atoms with E-state index < -0.39 is 22.3 Å². The Labute approximate surface area is 102 Å². The molecule has 0 aromatic carbocycles. The van der Waals surface area contributed by atoms with Crippen molar-refractivity contribution in [3.05, 3.63) is 22.0 Å². The molecule has 1 aliphatic rings. The fraction of sp³-hybridized carbons (Fsp3) is 0.600. The van der Waals surface area contributed by atoms with Gasteiger partial charge >= 0.3 is 11.7 Å². The number of aromatic nitrogens is 2. The van der Waals surface area contributed by atoms with Gasteiger partial charge in [-0.25, -0.2) is 4.79 Å². The van der Waals surface area contributed by atoms with Crippen LogP contribution in [0.2, 0.25) is 0 Å². The minimum absolute atomic E-state index is 0.0684. The highest BCUT2D eigenvalue weighted by atomic mass is 16.6. The van der Waals surface area contributed by atoms with E-state index in [1.54, 1.807) is 0 Å². The quantitative estimate of drug-likeness (QED) is 0.636. The molecule has 1 aromatic rings. The zero-order valence-corrected chi connectivity index (χ0v) is 9.78. The van der Waals surface area contributed by atoms with E-state index in [0.29, 0.717) is 6.54 Å². The van der Waals surface area contributed by atoms with Crippen molar-refractivity contribution in [3.63, 3.8) is 0 Å². The third-order valence-electron chi connectivity index (χ3n) is 2.85. The molecule has 1 N–H and O–H groups in total. The summed E-state index contributed by atoms with van der Waals surface area (Å²) in [5.41, 5.74) is -1.03. The number of hydrogen-bond acceptors (Lipinski definition) is 5. The minimum Gasteiger partial charge on any atom is -0.476 e. The summed E-state index contributed by atoms with van der Waals surface area (Å²) in [7, 11) is 0. The second-order valence-corrected chi connectivity index (χ2v) is 4.29. The van der Waals surface area contributed by atoms with Crippen molar-refractivity contribution in [2.24, 2.45) is 0 Å². The predicted octanol–water partition coefficient (Wildman–Crippen LogP) is 1.06. The molecule has 0 saturated carbocycles. The van der Waals surface area contributed by atoms with Crippen LogP contribution in [0.4, 0.5) is 5.69 Å². The summed E-state index contributed by atoms with van der Waals surface area (Å²) in [5.74, 6) is -1.40. The normalized spacial score (nSPS) is 23.2. The van der Waals surface area contributed by atoms with Crippen molar-refractivity contribution in [2.45, 2.75) is 38.5 Å². The molecule has 18 heavy (non-hydrogen) atoms. The van der Waals surface area contributed by atoms with E-state index in [9.17, 15) is 14.9 Å². The molecule has 0 bridgehead atoms. The first-order valence-electron chi connectivity index (χ1n) is 5.58. The van der Waals surface area contributed by atoms with Gasteiger partial charge < -0.3 is 9.84 Å². The van der Waals surface area contributed by atoms with Gasteiger partial charge in [-0.15, -0.1) is 0 Å². The van der Waals surface area contributed by atoms with Crippen molar-refractivity contribution < 1.29 is 19.6 Å². The van der Waals surface area contributed by atoms with Crippen molar-refractivity contribution in [3.8, 4) is 0 Å². The van der Waals surface area contributed by atoms with Gasteiger partial charge in [0.05, 0.1) is 23.7 Å². The molecule has 1 fully saturated rings. The second-order valence-electron chi connectivity index (χ2n) is 4.29. The molecule has 0 aliphatic carbocycles. The van der Waals surface area contributed by atoms with Gasteiger partial charge in [-0.3, -0.25) is 14.8 Å². The number of carboxylic acid groups (broad SMARTS) is 1. The Morgan fingerprint density at radius 1 is 1.72 bits per heavy atom. The molecular weight excluding hydrogens is 242 g/mol. The van der Waals surface area contributed by atoms with Crippen LogP contribution in [0.25, 0.3) is 0 Å². The third-order valence-corrected chi connectivity index (χ3v) is 2.85. The van der Waals surface area contributed by atoms with Gasteiger partial charge in [0, 0.05) is 0 Å². The number of hydrogen-bond donors (Lipinski definition) is 1. The maximum absolute atomic E-state index is 10.8. The van der Waals surface area contributed by atoms with Gasteiger partial charge in [0.2, 0.25) is 5.69 Å². The van der Waals surface area contributed by atoms with Crippen LogP contribution >= 0.6 is 0 Å². The molecule has 8 heteroatoms. The lowest BCUT2D eigenvalue weighted by molar-refractivity contribution is -0.385. The molecule has 2 rings (SSSR count). The van der Waals surface area contributed by atoms with Gasteiger partial charge in [0.25, 0.3) is 0 Å². The Bertz CT molecular complexity index is 452. The number of carbonyl (C=O) groups is 1. The van der Waals surface area contributed by atoms with Crippen molar-refractivity contribution in [1.29, 1.82) is 0 Å². The van der Waals surface area contributed by atoms with E-state index in [2.05, 4.69) is 5.10 Å². The van der Waals surface area contributed by atoms with E-state index in [1.165, 1.54) is 4.68 Å². The van der Waals surface area contributed by atoms with Crippen LogP contribution in [0.3, 0.4) is 0 Å². The zero-order valence-electron chi connectivity index (χ0n) is 9.78. The Morgan fingerprint density at radius 2 is 2.44 bits per heavy atom. The first-order chi connectivity index (χ1) is 8.47. The highest BCUT2D eigenvalue weighted by Crippen LogP contribution is 2.22. The van der Waals surface area contributed by atoms with Crippen molar-refractivity contribution in [1.82, 2.24) is 9.78 Å². The fourth-order valence-electron chi connectivity index (χ4n) is 2.02. The number of ether oxygens (including phenoxy) is 1. The van der Waals surface area contributed by atoms with Gasteiger partial charge in [-0.1, -0.05) is 0 Å². The number of nitro groups is 1. The van der Waals surface area contributed by atoms with E-state index in [1.807, 2.05) is 6.92 Å². The van der Waals surface area contributed by atoms with Crippen LogP contribution in [-0.4, -0.2) is 38.0 Å². The Morgan fingerprint density at radius 3 is 2.89 bits per heavy atom. The van der Waals surface area contributed by atoms with Gasteiger partial charge in [-0.05, 0) is 19.8 Å². The van der Waals surface area contributed by atoms with Gasteiger partial charge in [-0.2, -0.15) is 5.10 Å². The van der Waals surface area contributed by atoms with E-state index in [0.717, 1.165) is 19.0 Å². The smallest absolute Gasteiger partial charge is 0.363 e. The summed E-state index contributed by atoms with van der Waals surface area (Å²) >= 11 is 0. The standard InChI is InChI=1S/C10H13N3O5/c1-6-2-3-7(18-6)4-12-5-8(13(16)17)9(11-12)10(14)15/h5-7H,2-4H2,1H3,(H,14,15). The minimum atomic E-state index is -1.40. The molecule has 2 atom stereocenters. The lowest BCUT2D eigenvalue weighted by atomic mass is 10.2. The molecule has 98 valence electrons. The summed E-state index contributed by atoms with van der Waals surface area (Å²) in [5, 5.41) is 23.2. The number of carboxylic acids is 1. The van der Waals surface area contributed by atoms with Crippen LogP contribution in [0, 0.1) is 10.1 Å². The average Bonchev–Trinajstić information content (AvgIpc) is 2.85. The summed E-state index contributed by atoms with van der Waals surface area (Å²) in [4.78, 5) is 20.8. The Balaban J connectivity index is 2.16. The van der Waals surface area contributed by atoms with E-state index in [-0.39, 0.29) is 12.2 Å². The SMILES string of the molecule is CC1CCC(Cn2cc([N+](=O)[O-])c(C(=O)O)n2)O1. The molecule has 2 heterocycles. The van der Waals surface area contributed by atoms with Crippen LogP contribution in [0.5, 0.6) is 0 Å². The monoisotopic (exact) mass is 255 g/mol. The lowest BCUT2D eigenvalue weighted by Crippen LogP contribution is -2.17. The highest BCUT2D eigenvalue weighted by Gasteiger charge is 2.28. The summed E-state index contributed by atoms with van der Waals surface area (Å²) in [6, 6.07) is 0. The first-order valence-corrected chi connectivity index (χ1v) is 5.58. The summed E-state index contributed by atoms with van der Waals surface area (Å²) in [6.45, 7) is 2.28. The van der Waals surface area contributed by atoms with Gasteiger partial charge in [0.1, 0.15) is 6.20 Å². The van der Waals surface area contributed by atoms with Crippen LogP contribution in [0.15, 0.2) is 6.20 Å². The van der Waals surface area contributed by atoms with Crippen molar-refractivity contribution in [2.75, 3.05) is 0 Å². The third kappa shape index (κ3) is 2.48. The van der Waals surface area contributed by atoms with E-state index >= 15 is 0 Å². The van der Waals surface area contributed by atoms with Gasteiger partial charge in [0.15, 0.2) is 0 Å². The number of rotatable bonds is 4. The largest absolute Gasteiger partial charge is 0.476 e.